The number of ether oxygens (including phenoxy) is 2. The summed E-state index contributed by atoms with van der Waals surface area (Å²) in [6.45, 7) is 4.50. The van der Waals surface area contributed by atoms with E-state index in [1.165, 1.54) is 31.4 Å². The van der Waals surface area contributed by atoms with Crippen molar-refractivity contribution in [1.82, 2.24) is 15.0 Å². The number of halogens is 3. The first-order valence-electron chi connectivity index (χ1n) is 11.2. The molecule has 7 nitrogen and oxygen atoms in total. The number of nitrogens with one attached hydrogen (secondary N) is 1. The number of hydrogen-bond donors (Lipinski definition) is 2. The number of fused-ring (bicyclic) bond motifs is 2. The molecule has 35 heavy (non-hydrogen) atoms. The van der Waals surface area contributed by atoms with Gasteiger partial charge in [-0.3, -0.25) is 0 Å². The summed E-state index contributed by atoms with van der Waals surface area (Å²) in [4.78, 5) is 13.0. The molecule has 2 heterocycles. The molecular weight excluding hydrogens is 478 g/mol. The van der Waals surface area contributed by atoms with Gasteiger partial charge in [0, 0.05) is 18.0 Å². The van der Waals surface area contributed by atoms with Crippen LogP contribution < -0.4 is 14.8 Å². The Morgan fingerprint density at radius 1 is 1.14 bits per heavy atom. The van der Waals surface area contributed by atoms with Crippen LogP contribution in [-0.4, -0.2) is 40.8 Å². The lowest BCUT2D eigenvalue weighted by Gasteiger charge is -2.16. The van der Waals surface area contributed by atoms with E-state index in [9.17, 15) is 9.50 Å². The van der Waals surface area contributed by atoms with E-state index in [1.54, 1.807) is 7.05 Å². The summed E-state index contributed by atoms with van der Waals surface area (Å²) in [6.07, 6.45) is 1.97. The predicted octanol–water partition coefficient (Wildman–Crippen LogP) is 6.35. The Morgan fingerprint density at radius 3 is 2.60 bits per heavy atom. The number of benzene rings is 2. The molecule has 0 saturated carbocycles. The molecule has 4 aromatic rings. The van der Waals surface area contributed by atoms with Crippen molar-refractivity contribution in [3.63, 3.8) is 0 Å². The normalized spacial score (nSPS) is 12.2. The van der Waals surface area contributed by atoms with E-state index in [4.69, 9.17) is 21.1 Å². The Kier molecular flexibility index (Phi) is 7.07. The fourth-order valence-electron chi connectivity index (χ4n) is 4.05. The number of phenols is 1. The molecule has 184 valence electrons. The monoisotopic (exact) mass is 502 g/mol. The van der Waals surface area contributed by atoms with Crippen LogP contribution in [0.25, 0.3) is 32.9 Å². The minimum atomic E-state index is -0.821. The summed E-state index contributed by atoms with van der Waals surface area (Å²) in [5.74, 6) is -1.10. The van der Waals surface area contributed by atoms with Gasteiger partial charge >= 0.3 is 6.01 Å². The fraction of sp³-hybridized carbons (Fsp3) is 0.320. The van der Waals surface area contributed by atoms with Crippen molar-refractivity contribution in [3.05, 3.63) is 40.9 Å². The third-order valence-corrected chi connectivity index (χ3v) is 6.06. The fourth-order valence-corrected chi connectivity index (χ4v) is 4.33. The minimum absolute atomic E-state index is 0.00671. The number of aromatic nitrogens is 3. The predicted molar refractivity (Wildman–Crippen MR) is 133 cm³/mol. The van der Waals surface area contributed by atoms with Gasteiger partial charge in [-0.2, -0.15) is 9.97 Å². The smallest absolute Gasteiger partial charge is 0.319 e. The van der Waals surface area contributed by atoms with Crippen LogP contribution >= 0.6 is 11.6 Å². The summed E-state index contributed by atoms with van der Waals surface area (Å²) in [5.41, 5.74) is -0.229. The average Bonchev–Trinajstić information content (AvgIpc) is 2.84. The van der Waals surface area contributed by atoms with Crippen LogP contribution in [0.4, 0.5) is 14.6 Å². The highest BCUT2D eigenvalue weighted by molar-refractivity contribution is 6.37. The van der Waals surface area contributed by atoms with E-state index in [0.717, 1.165) is 12.8 Å². The molecule has 0 spiro atoms. The van der Waals surface area contributed by atoms with Crippen LogP contribution in [0.1, 0.15) is 26.7 Å². The highest BCUT2D eigenvalue weighted by Crippen LogP contribution is 2.42. The quantitative estimate of drug-likeness (QED) is 0.290. The van der Waals surface area contributed by atoms with Crippen molar-refractivity contribution in [1.29, 1.82) is 0 Å². The van der Waals surface area contributed by atoms with E-state index >= 15 is 4.39 Å². The summed E-state index contributed by atoms with van der Waals surface area (Å²) in [5, 5.41) is 13.8. The maximum atomic E-state index is 16.1. The van der Waals surface area contributed by atoms with Gasteiger partial charge in [-0.1, -0.05) is 37.9 Å². The van der Waals surface area contributed by atoms with Crippen LogP contribution in [0, 0.1) is 17.6 Å². The van der Waals surface area contributed by atoms with Crippen molar-refractivity contribution in [3.8, 4) is 28.9 Å². The Morgan fingerprint density at radius 2 is 1.91 bits per heavy atom. The largest absolute Gasteiger partial charge is 0.508 e. The first-order chi connectivity index (χ1) is 16.8. The number of rotatable bonds is 8. The highest BCUT2D eigenvalue weighted by atomic mass is 35.5. The van der Waals surface area contributed by atoms with E-state index in [0.29, 0.717) is 12.0 Å². The van der Waals surface area contributed by atoms with E-state index in [1.807, 2.05) is 6.92 Å². The summed E-state index contributed by atoms with van der Waals surface area (Å²) < 4.78 is 41.6. The Balaban J connectivity index is 1.99. The summed E-state index contributed by atoms with van der Waals surface area (Å²) >= 11 is 6.25. The maximum Gasteiger partial charge on any atom is 0.319 e. The molecule has 0 saturated heterocycles. The average molecular weight is 503 g/mol. The van der Waals surface area contributed by atoms with Gasteiger partial charge < -0.3 is 19.9 Å². The minimum Gasteiger partial charge on any atom is -0.508 e. The number of hydrogen-bond acceptors (Lipinski definition) is 7. The Hall–Kier alpha value is -3.46. The number of nitrogens with zero attached hydrogens (tertiary/aromatic N) is 3. The van der Waals surface area contributed by atoms with Crippen molar-refractivity contribution < 1.29 is 23.4 Å². The van der Waals surface area contributed by atoms with Gasteiger partial charge in [-0.05, 0) is 35.9 Å². The number of anilines is 1. The second-order valence-electron chi connectivity index (χ2n) is 8.27. The summed E-state index contributed by atoms with van der Waals surface area (Å²) in [6, 6.07) is 5.29. The molecule has 0 bridgehead atoms. The van der Waals surface area contributed by atoms with Gasteiger partial charge in [0.2, 0.25) is 5.88 Å². The molecule has 0 amide bonds. The number of phenolic OH excluding ortho intramolecular Hbond substituents is 1. The Bertz CT molecular complexity index is 1420. The zero-order valence-corrected chi connectivity index (χ0v) is 20.5. The number of pyridine rings is 1. The van der Waals surface area contributed by atoms with Gasteiger partial charge in [0.1, 0.15) is 34.0 Å². The van der Waals surface area contributed by atoms with Crippen LogP contribution in [-0.2, 0) is 0 Å². The number of aromatic hydroxyl groups is 1. The second kappa shape index (κ2) is 10.0. The molecule has 2 N–H and O–H groups in total. The molecular formula is C25H25ClF2N4O3. The molecule has 0 aliphatic heterocycles. The molecule has 1 unspecified atom stereocenters. The maximum absolute atomic E-state index is 16.1. The zero-order valence-electron chi connectivity index (χ0n) is 19.7. The Labute approximate surface area is 206 Å². The highest BCUT2D eigenvalue weighted by Gasteiger charge is 2.25. The van der Waals surface area contributed by atoms with Crippen LogP contribution in [0.2, 0.25) is 5.02 Å². The molecule has 2 aromatic carbocycles. The van der Waals surface area contributed by atoms with Gasteiger partial charge in [0.15, 0.2) is 5.82 Å². The molecule has 0 aliphatic carbocycles. The lowest BCUT2D eigenvalue weighted by molar-refractivity contribution is 0.235. The van der Waals surface area contributed by atoms with E-state index < -0.39 is 11.6 Å². The van der Waals surface area contributed by atoms with Gasteiger partial charge in [-0.15, -0.1) is 0 Å². The first-order valence-corrected chi connectivity index (χ1v) is 11.5. The van der Waals surface area contributed by atoms with Crippen molar-refractivity contribution in [2.24, 2.45) is 5.92 Å². The third-order valence-electron chi connectivity index (χ3n) is 5.69. The van der Waals surface area contributed by atoms with Gasteiger partial charge in [0.05, 0.1) is 18.7 Å². The molecule has 0 aliphatic rings. The van der Waals surface area contributed by atoms with Crippen LogP contribution in [0.3, 0.4) is 0 Å². The zero-order chi connectivity index (χ0) is 25.3. The summed E-state index contributed by atoms with van der Waals surface area (Å²) in [7, 11) is 3.01. The molecule has 1 atom stereocenters. The molecule has 10 heteroatoms. The second-order valence-corrected chi connectivity index (χ2v) is 8.65. The van der Waals surface area contributed by atoms with Gasteiger partial charge in [0.25, 0.3) is 0 Å². The van der Waals surface area contributed by atoms with E-state index in [2.05, 4.69) is 27.2 Å². The standard InChI is InChI=1S/C25H25ClF2N4O3/c1-5-6-12(2)11-35-25-31-22-18(23(29-3)32-25)24(34-4)30-21(20(22)28)15-10-14(33)9-13-7-8-16(27)19(26)17(13)15/h7-10,12,33H,5-6,11H2,1-4H3,(H,29,31,32). The topological polar surface area (TPSA) is 89.4 Å². The molecule has 4 rings (SSSR count). The number of methoxy groups -OCH3 is 1. The van der Waals surface area contributed by atoms with Crippen molar-refractivity contribution in [2.45, 2.75) is 26.7 Å². The van der Waals surface area contributed by atoms with Crippen molar-refractivity contribution in [2.75, 3.05) is 26.1 Å². The van der Waals surface area contributed by atoms with Gasteiger partial charge in [-0.25, -0.2) is 13.8 Å². The first kappa shape index (κ1) is 24.7. The SMILES string of the molecule is CCCC(C)COc1nc(NC)c2c(OC)nc(-c3cc(O)cc4ccc(F)c(Cl)c34)c(F)c2n1. The third kappa shape index (κ3) is 4.60. The van der Waals surface area contributed by atoms with Crippen LogP contribution in [0.15, 0.2) is 24.3 Å². The molecule has 2 aromatic heterocycles. The van der Waals surface area contributed by atoms with Crippen molar-refractivity contribution >= 4 is 39.1 Å². The van der Waals surface area contributed by atoms with Crippen LogP contribution in [0.5, 0.6) is 17.6 Å². The van der Waals surface area contributed by atoms with E-state index in [-0.39, 0.29) is 61.9 Å². The molecule has 0 fully saturated rings. The lowest BCUT2D eigenvalue weighted by atomic mass is 9.99. The molecule has 0 radical (unpaired) electrons. The lowest BCUT2D eigenvalue weighted by Crippen LogP contribution is -2.11.